The van der Waals surface area contributed by atoms with Gasteiger partial charge in [0.25, 0.3) is 10.0 Å². The number of hydrogen-bond donors (Lipinski definition) is 0. The Kier molecular flexibility index (Phi) is 3.96. The SMILES string of the molecule is CCOc1c(I)c(C(F)(F)F)nn1S(C)(=O)=O. The minimum Gasteiger partial charge on any atom is -0.477 e. The van der Waals surface area contributed by atoms with Gasteiger partial charge in [-0.25, -0.2) is 8.42 Å². The summed E-state index contributed by atoms with van der Waals surface area (Å²) in [7, 11) is -3.94. The zero-order valence-electron chi connectivity index (χ0n) is 8.75. The second kappa shape index (κ2) is 4.63. The Balaban J connectivity index is 3.52. The quantitative estimate of drug-likeness (QED) is 0.745. The first-order chi connectivity index (χ1) is 7.59. The number of halogens is 4. The summed E-state index contributed by atoms with van der Waals surface area (Å²) in [5.41, 5.74) is -1.27. The van der Waals surface area contributed by atoms with E-state index in [9.17, 15) is 21.6 Å². The molecule has 0 spiro atoms. The van der Waals surface area contributed by atoms with Crippen LogP contribution in [0.3, 0.4) is 0 Å². The molecule has 10 heteroatoms. The van der Waals surface area contributed by atoms with Crippen LogP contribution in [0.1, 0.15) is 12.6 Å². The van der Waals surface area contributed by atoms with Crippen LogP contribution < -0.4 is 4.74 Å². The minimum atomic E-state index is -4.72. The topological polar surface area (TPSA) is 61.2 Å². The molecule has 0 saturated heterocycles. The predicted molar refractivity (Wildman–Crippen MR) is 61.4 cm³/mol. The van der Waals surface area contributed by atoms with Crippen molar-refractivity contribution in [2.24, 2.45) is 0 Å². The molecule has 0 saturated carbocycles. The molecule has 17 heavy (non-hydrogen) atoms. The van der Waals surface area contributed by atoms with Crippen molar-refractivity contribution in [3.63, 3.8) is 0 Å². The maximum atomic E-state index is 12.5. The molecular weight excluding hydrogens is 376 g/mol. The lowest BCUT2D eigenvalue weighted by molar-refractivity contribution is -0.142. The fourth-order valence-electron chi connectivity index (χ4n) is 1.03. The summed E-state index contributed by atoms with van der Waals surface area (Å²) in [6, 6.07) is 0. The van der Waals surface area contributed by atoms with Crippen LogP contribution in [0, 0.1) is 3.57 Å². The molecule has 1 heterocycles. The van der Waals surface area contributed by atoms with Crippen LogP contribution in [0.5, 0.6) is 5.88 Å². The highest BCUT2D eigenvalue weighted by Gasteiger charge is 2.40. The van der Waals surface area contributed by atoms with Crippen LogP contribution in [-0.4, -0.2) is 30.5 Å². The summed E-state index contributed by atoms with van der Waals surface area (Å²) < 4.78 is 64.9. The second-order valence-corrected chi connectivity index (χ2v) is 5.90. The Bertz CT molecular complexity index is 523. The van der Waals surface area contributed by atoms with Gasteiger partial charge in [-0.3, -0.25) is 0 Å². The molecule has 0 aliphatic heterocycles. The van der Waals surface area contributed by atoms with Crippen LogP contribution in [0.2, 0.25) is 0 Å². The van der Waals surface area contributed by atoms with Crippen molar-refractivity contribution in [3.05, 3.63) is 9.26 Å². The Labute approximate surface area is 109 Å². The molecule has 1 rings (SSSR count). The maximum Gasteiger partial charge on any atom is 0.436 e. The number of ether oxygens (including phenoxy) is 1. The van der Waals surface area contributed by atoms with Gasteiger partial charge in [0.05, 0.1) is 12.9 Å². The molecule has 0 aromatic carbocycles. The van der Waals surface area contributed by atoms with Crippen LogP contribution in [0.4, 0.5) is 13.2 Å². The molecule has 0 aliphatic rings. The van der Waals surface area contributed by atoms with Gasteiger partial charge in [0.15, 0.2) is 5.69 Å². The third-order valence-electron chi connectivity index (χ3n) is 1.62. The van der Waals surface area contributed by atoms with E-state index in [1.165, 1.54) is 29.5 Å². The highest BCUT2D eigenvalue weighted by molar-refractivity contribution is 14.1. The van der Waals surface area contributed by atoms with Crippen molar-refractivity contribution in [2.45, 2.75) is 13.1 Å². The van der Waals surface area contributed by atoms with Gasteiger partial charge in [-0.05, 0) is 29.5 Å². The van der Waals surface area contributed by atoms with Gasteiger partial charge in [0.2, 0.25) is 5.88 Å². The molecule has 0 atom stereocenters. The first kappa shape index (κ1) is 14.5. The minimum absolute atomic E-state index is 0.0362. The normalized spacial score (nSPS) is 12.8. The van der Waals surface area contributed by atoms with E-state index in [0.717, 1.165) is 6.26 Å². The van der Waals surface area contributed by atoms with E-state index in [-0.39, 0.29) is 14.3 Å². The third kappa shape index (κ3) is 3.03. The average molecular weight is 384 g/mol. The molecule has 0 unspecified atom stereocenters. The Hall–Kier alpha value is -0.520. The number of hydrogen-bond acceptors (Lipinski definition) is 4. The standard InChI is InChI=1S/C7H8F3IN2O3S/c1-3-16-6-4(11)5(7(8,9)10)12-13(6)17(2,14)15/h3H2,1-2H3. The monoisotopic (exact) mass is 384 g/mol. The molecular formula is C7H8F3IN2O3S. The molecule has 0 fully saturated rings. The molecule has 0 N–H and O–H groups in total. The maximum absolute atomic E-state index is 12.5. The van der Waals surface area contributed by atoms with Crippen LogP contribution in [-0.2, 0) is 16.2 Å². The highest BCUT2D eigenvalue weighted by atomic mass is 127. The van der Waals surface area contributed by atoms with Crippen molar-refractivity contribution < 1.29 is 26.3 Å². The van der Waals surface area contributed by atoms with Crippen molar-refractivity contribution in [3.8, 4) is 5.88 Å². The summed E-state index contributed by atoms with van der Waals surface area (Å²) in [4.78, 5) is 0. The average Bonchev–Trinajstić information content (AvgIpc) is 2.43. The van der Waals surface area contributed by atoms with Crippen LogP contribution in [0.25, 0.3) is 0 Å². The largest absolute Gasteiger partial charge is 0.477 e. The van der Waals surface area contributed by atoms with E-state index >= 15 is 0 Å². The van der Waals surface area contributed by atoms with Crippen molar-refractivity contribution >= 4 is 32.6 Å². The zero-order valence-corrected chi connectivity index (χ0v) is 11.7. The van der Waals surface area contributed by atoms with Gasteiger partial charge >= 0.3 is 6.18 Å². The van der Waals surface area contributed by atoms with Gasteiger partial charge in [0, 0.05) is 0 Å². The fraction of sp³-hybridized carbons (Fsp3) is 0.571. The van der Waals surface area contributed by atoms with Gasteiger partial charge in [0.1, 0.15) is 3.57 Å². The Morgan fingerprint density at radius 1 is 1.47 bits per heavy atom. The van der Waals surface area contributed by atoms with Crippen molar-refractivity contribution in [1.29, 1.82) is 0 Å². The van der Waals surface area contributed by atoms with E-state index in [1.807, 2.05) is 0 Å². The molecule has 5 nitrogen and oxygen atoms in total. The molecule has 0 amide bonds. The van der Waals surface area contributed by atoms with Gasteiger partial charge < -0.3 is 4.74 Å². The summed E-state index contributed by atoms with van der Waals surface area (Å²) >= 11 is 1.36. The number of nitrogens with zero attached hydrogens (tertiary/aromatic N) is 2. The Morgan fingerprint density at radius 2 is 2.00 bits per heavy atom. The lowest BCUT2D eigenvalue weighted by atomic mass is 10.4. The number of rotatable bonds is 3. The molecule has 0 radical (unpaired) electrons. The predicted octanol–water partition coefficient (Wildman–Crippen LogP) is 1.71. The van der Waals surface area contributed by atoms with Crippen LogP contribution in [0.15, 0.2) is 0 Å². The summed E-state index contributed by atoms with van der Waals surface area (Å²) in [5, 5.41) is 3.04. The van der Waals surface area contributed by atoms with Gasteiger partial charge in [-0.15, -0.1) is 9.19 Å². The van der Waals surface area contributed by atoms with E-state index in [4.69, 9.17) is 4.74 Å². The number of aromatic nitrogens is 2. The first-order valence-corrected chi connectivity index (χ1v) is 7.20. The van der Waals surface area contributed by atoms with E-state index in [2.05, 4.69) is 5.10 Å². The second-order valence-electron chi connectivity index (χ2n) is 3.00. The summed E-state index contributed by atoms with van der Waals surface area (Å²) in [6.07, 6.45) is -3.98. The molecule has 1 aromatic heterocycles. The smallest absolute Gasteiger partial charge is 0.436 e. The molecule has 0 bridgehead atoms. The van der Waals surface area contributed by atoms with Crippen molar-refractivity contribution in [2.75, 3.05) is 12.9 Å². The summed E-state index contributed by atoms with van der Waals surface area (Å²) in [6.45, 7) is 1.57. The van der Waals surface area contributed by atoms with Crippen LogP contribution >= 0.6 is 22.6 Å². The first-order valence-electron chi connectivity index (χ1n) is 4.28. The van der Waals surface area contributed by atoms with E-state index in [0.29, 0.717) is 0 Å². The zero-order chi connectivity index (χ0) is 13.4. The lowest BCUT2D eigenvalue weighted by Gasteiger charge is -2.05. The highest BCUT2D eigenvalue weighted by Crippen LogP contribution is 2.36. The lowest BCUT2D eigenvalue weighted by Crippen LogP contribution is -2.15. The fourth-order valence-corrected chi connectivity index (χ4v) is 2.66. The van der Waals surface area contributed by atoms with Gasteiger partial charge in [-0.2, -0.15) is 13.2 Å². The Morgan fingerprint density at radius 3 is 2.35 bits per heavy atom. The third-order valence-corrected chi connectivity index (χ3v) is 3.47. The molecule has 98 valence electrons. The van der Waals surface area contributed by atoms with E-state index in [1.54, 1.807) is 0 Å². The molecule has 0 aliphatic carbocycles. The van der Waals surface area contributed by atoms with Gasteiger partial charge in [-0.1, -0.05) is 0 Å². The number of alkyl halides is 3. The van der Waals surface area contributed by atoms with E-state index < -0.39 is 27.8 Å². The van der Waals surface area contributed by atoms with Crippen molar-refractivity contribution in [1.82, 2.24) is 9.19 Å². The molecule has 1 aromatic rings. The summed E-state index contributed by atoms with van der Waals surface area (Å²) in [5.74, 6) is -0.414.